The Kier molecular flexibility index (Phi) is 4.44. The third kappa shape index (κ3) is 4.00. The Labute approximate surface area is 119 Å². The van der Waals surface area contributed by atoms with Crippen LogP contribution in [-0.4, -0.2) is 37.3 Å². The quantitative estimate of drug-likeness (QED) is 0.632. The number of aromatic carboxylic acids is 1. The number of nitrogens with one attached hydrogen (secondary N) is 3. The van der Waals surface area contributed by atoms with Crippen molar-refractivity contribution < 1.29 is 14.7 Å². The number of hydrogen-bond acceptors (Lipinski definition) is 5. The first-order valence-electron chi connectivity index (χ1n) is 6.14. The van der Waals surface area contributed by atoms with Gasteiger partial charge in [0.05, 0.1) is 23.8 Å². The Morgan fingerprint density at radius 2 is 2.24 bits per heavy atom. The zero-order chi connectivity index (χ0) is 15.2. The van der Waals surface area contributed by atoms with Gasteiger partial charge >= 0.3 is 12.0 Å². The van der Waals surface area contributed by atoms with E-state index in [0.29, 0.717) is 11.5 Å². The van der Waals surface area contributed by atoms with Crippen LogP contribution in [0.15, 0.2) is 24.7 Å². The summed E-state index contributed by atoms with van der Waals surface area (Å²) in [4.78, 5) is 30.5. The Morgan fingerprint density at radius 3 is 2.90 bits per heavy atom. The van der Waals surface area contributed by atoms with Crippen LogP contribution in [0, 0.1) is 0 Å². The molecule has 0 fully saturated rings. The van der Waals surface area contributed by atoms with E-state index in [4.69, 9.17) is 5.11 Å². The monoisotopic (exact) mass is 290 g/mol. The molecule has 0 aliphatic heterocycles. The Morgan fingerprint density at radius 1 is 1.43 bits per heavy atom. The van der Waals surface area contributed by atoms with Crippen molar-refractivity contribution >= 4 is 12.0 Å². The molecule has 0 bridgehead atoms. The summed E-state index contributed by atoms with van der Waals surface area (Å²) in [5, 5.41) is 20.5. The number of amides is 2. The van der Waals surface area contributed by atoms with Crippen molar-refractivity contribution in [2.24, 2.45) is 0 Å². The van der Waals surface area contributed by atoms with E-state index in [1.165, 1.54) is 24.7 Å². The van der Waals surface area contributed by atoms with Gasteiger partial charge in [-0.15, -0.1) is 0 Å². The molecule has 4 N–H and O–H groups in total. The van der Waals surface area contributed by atoms with Crippen molar-refractivity contribution in [3.63, 3.8) is 0 Å². The van der Waals surface area contributed by atoms with Crippen LogP contribution in [0.1, 0.15) is 34.8 Å². The lowest BCUT2D eigenvalue weighted by Crippen LogP contribution is -2.37. The standard InChI is InChI=1S/C12H14N6O3/c1-7(10-15-6-16-18-10)17-12(21)14-5-9-4-8(11(19)20)2-3-13-9/h2-4,6-7H,5H2,1H3,(H,19,20)(H2,14,17,21)(H,15,16,18). The lowest BCUT2D eigenvalue weighted by Gasteiger charge is -2.12. The van der Waals surface area contributed by atoms with Crippen molar-refractivity contribution in [2.75, 3.05) is 0 Å². The highest BCUT2D eigenvalue weighted by Crippen LogP contribution is 2.04. The van der Waals surface area contributed by atoms with Gasteiger partial charge in [0.2, 0.25) is 0 Å². The maximum Gasteiger partial charge on any atom is 0.335 e. The Balaban J connectivity index is 1.86. The minimum atomic E-state index is -1.04. The fourth-order valence-corrected chi connectivity index (χ4v) is 1.62. The number of aromatic nitrogens is 4. The fraction of sp³-hybridized carbons (Fsp3) is 0.250. The number of pyridine rings is 1. The average Bonchev–Trinajstić information content (AvgIpc) is 2.99. The van der Waals surface area contributed by atoms with Gasteiger partial charge in [0.15, 0.2) is 0 Å². The highest BCUT2D eigenvalue weighted by Gasteiger charge is 2.12. The van der Waals surface area contributed by atoms with Gasteiger partial charge < -0.3 is 15.7 Å². The summed E-state index contributed by atoms with van der Waals surface area (Å²) in [6, 6.07) is 2.05. The summed E-state index contributed by atoms with van der Waals surface area (Å²) >= 11 is 0. The van der Waals surface area contributed by atoms with Crippen molar-refractivity contribution in [2.45, 2.75) is 19.5 Å². The minimum absolute atomic E-state index is 0.121. The number of urea groups is 1. The maximum atomic E-state index is 11.7. The largest absolute Gasteiger partial charge is 0.478 e. The fourth-order valence-electron chi connectivity index (χ4n) is 1.62. The third-order valence-electron chi connectivity index (χ3n) is 2.68. The Hall–Kier alpha value is -2.97. The summed E-state index contributed by atoms with van der Waals surface area (Å²) in [7, 11) is 0. The molecule has 21 heavy (non-hydrogen) atoms. The van der Waals surface area contributed by atoms with Crippen LogP contribution in [0.2, 0.25) is 0 Å². The maximum absolute atomic E-state index is 11.7. The molecule has 0 saturated heterocycles. The van der Waals surface area contributed by atoms with Gasteiger partial charge in [-0.1, -0.05) is 0 Å². The van der Waals surface area contributed by atoms with Crippen LogP contribution in [0.25, 0.3) is 0 Å². The van der Waals surface area contributed by atoms with Crippen molar-refractivity contribution in [3.8, 4) is 0 Å². The number of carboxylic acids is 1. The summed E-state index contributed by atoms with van der Waals surface area (Å²) in [6.07, 6.45) is 2.74. The van der Waals surface area contributed by atoms with Crippen LogP contribution < -0.4 is 10.6 Å². The van der Waals surface area contributed by atoms with Gasteiger partial charge in [0.1, 0.15) is 12.2 Å². The molecule has 2 aromatic heterocycles. The summed E-state index contributed by atoms with van der Waals surface area (Å²) in [5.41, 5.74) is 0.578. The number of H-pyrrole nitrogens is 1. The number of nitrogens with zero attached hydrogens (tertiary/aromatic N) is 3. The third-order valence-corrected chi connectivity index (χ3v) is 2.68. The highest BCUT2D eigenvalue weighted by molar-refractivity contribution is 5.87. The second-order valence-electron chi connectivity index (χ2n) is 4.26. The smallest absolute Gasteiger partial charge is 0.335 e. The van der Waals surface area contributed by atoms with E-state index in [0.717, 1.165) is 0 Å². The molecule has 0 spiro atoms. The normalized spacial score (nSPS) is 11.7. The van der Waals surface area contributed by atoms with E-state index >= 15 is 0 Å². The molecule has 1 unspecified atom stereocenters. The molecule has 0 aliphatic rings. The number of carboxylic acid groups (broad SMARTS) is 1. The predicted octanol–water partition coefficient (Wildman–Crippen LogP) is 0.458. The summed E-state index contributed by atoms with van der Waals surface area (Å²) in [5.74, 6) is -0.502. The molecule has 110 valence electrons. The second kappa shape index (κ2) is 6.46. The van der Waals surface area contributed by atoms with Gasteiger partial charge in [0, 0.05) is 6.20 Å². The minimum Gasteiger partial charge on any atom is -0.478 e. The molecule has 1 atom stereocenters. The molecule has 2 aromatic rings. The molecule has 2 rings (SSSR count). The lowest BCUT2D eigenvalue weighted by atomic mass is 10.2. The van der Waals surface area contributed by atoms with E-state index in [9.17, 15) is 9.59 Å². The van der Waals surface area contributed by atoms with Crippen molar-refractivity contribution in [3.05, 3.63) is 41.7 Å². The van der Waals surface area contributed by atoms with Crippen LogP contribution in [0.3, 0.4) is 0 Å². The molecular weight excluding hydrogens is 276 g/mol. The van der Waals surface area contributed by atoms with E-state index in [-0.39, 0.29) is 18.2 Å². The van der Waals surface area contributed by atoms with E-state index in [1.807, 2.05) is 0 Å². The van der Waals surface area contributed by atoms with Gasteiger partial charge in [0.25, 0.3) is 0 Å². The number of aromatic amines is 1. The molecule has 0 aromatic carbocycles. The second-order valence-corrected chi connectivity index (χ2v) is 4.26. The lowest BCUT2D eigenvalue weighted by molar-refractivity contribution is 0.0696. The SMILES string of the molecule is CC(NC(=O)NCc1cc(C(=O)O)ccn1)c1ncn[nH]1. The van der Waals surface area contributed by atoms with Crippen molar-refractivity contribution in [1.82, 2.24) is 30.8 Å². The first-order valence-corrected chi connectivity index (χ1v) is 6.14. The number of rotatable bonds is 5. The zero-order valence-electron chi connectivity index (χ0n) is 11.2. The van der Waals surface area contributed by atoms with Crippen LogP contribution in [0.5, 0.6) is 0 Å². The van der Waals surface area contributed by atoms with E-state index in [2.05, 4.69) is 30.8 Å². The average molecular weight is 290 g/mol. The van der Waals surface area contributed by atoms with Crippen LogP contribution in [-0.2, 0) is 6.54 Å². The van der Waals surface area contributed by atoms with Crippen molar-refractivity contribution in [1.29, 1.82) is 0 Å². The molecule has 0 saturated carbocycles. The summed E-state index contributed by atoms with van der Waals surface area (Å²) < 4.78 is 0. The van der Waals surface area contributed by atoms with Crippen LogP contribution in [0.4, 0.5) is 4.79 Å². The molecule has 9 nitrogen and oxygen atoms in total. The predicted molar refractivity (Wildman–Crippen MR) is 71.4 cm³/mol. The van der Waals surface area contributed by atoms with Gasteiger partial charge in [-0.3, -0.25) is 10.1 Å². The molecule has 9 heteroatoms. The number of carbonyl (C=O) groups is 2. The van der Waals surface area contributed by atoms with Gasteiger partial charge in [-0.05, 0) is 19.1 Å². The molecule has 2 amide bonds. The summed E-state index contributed by atoms with van der Waals surface area (Å²) in [6.45, 7) is 1.87. The molecule has 0 aliphatic carbocycles. The number of hydrogen-bond donors (Lipinski definition) is 4. The highest BCUT2D eigenvalue weighted by atomic mass is 16.4. The van der Waals surface area contributed by atoms with Gasteiger partial charge in [-0.2, -0.15) is 5.10 Å². The molecule has 0 radical (unpaired) electrons. The first-order chi connectivity index (χ1) is 10.1. The topological polar surface area (TPSA) is 133 Å². The molecular formula is C12H14N6O3. The van der Waals surface area contributed by atoms with Gasteiger partial charge in [-0.25, -0.2) is 14.6 Å². The molecule has 2 heterocycles. The zero-order valence-corrected chi connectivity index (χ0v) is 11.2. The first kappa shape index (κ1) is 14.4. The number of carbonyl (C=O) groups excluding carboxylic acids is 1. The van der Waals surface area contributed by atoms with E-state index in [1.54, 1.807) is 6.92 Å². The van der Waals surface area contributed by atoms with Crippen LogP contribution >= 0.6 is 0 Å². The van der Waals surface area contributed by atoms with E-state index < -0.39 is 12.0 Å². The Bertz CT molecular complexity index is 628.